The smallest absolute Gasteiger partial charge is 0.269 e. The number of carbonyl (C=O) groups excluding carboxylic acids is 1. The van der Waals surface area contributed by atoms with Crippen molar-refractivity contribution in [2.24, 2.45) is 10.2 Å². The van der Waals surface area contributed by atoms with Crippen molar-refractivity contribution < 1.29 is 4.79 Å². The highest BCUT2D eigenvalue weighted by Crippen LogP contribution is 2.36. The van der Waals surface area contributed by atoms with Crippen molar-refractivity contribution in [3.05, 3.63) is 53.9 Å². The van der Waals surface area contributed by atoms with Gasteiger partial charge >= 0.3 is 0 Å². The molecular formula is C19H21N5O. The fourth-order valence-electron chi connectivity index (χ4n) is 2.72. The lowest BCUT2D eigenvalue weighted by atomic mass is 10.0. The Balaban J connectivity index is 1.48. The first-order valence-corrected chi connectivity index (χ1v) is 8.44. The summed E-state index contributed by atoms with van der Waals surface area (Å²) in [6.45, 7) is 1.18. The standard InChI is InChI=1S/C19H21N5O/c1-2-3-11-19(22-23-19)12-14-20-18(25)17-9-13-21-24(17)15-10-16-7-5-4-6-8-16/h1,4-9,13H,3,10-12,14-15H2,(H,20,25). The van der Waals surface area contributed by atoms with Gasteiger partial charge in [0.2, 0.25) is 0 Å². The second-order valence-corrected chi connectivity index (χ2v) is 6.07. The van der Waals surface area contributed by atoms with E-state index in [0.29, 0.717) is 31.6 Å². The Morgan fingerprint density at radius 3 is 2.72 bits per heavy atom. The van der Waals surface area contributed by atoms with Crippen LogP contribution in [-0.2, 0) is 13.0 Å². The van der Waals surface area contributed by atoms with E-state index in [1.165, 1.54) is 5.56 Å². The summed E-state index contributed by atoms with van der Waals surface area (Å²) in [5.74, 6) is 2.47. The molecule has 1 aliphatic heterocycles. The minimum Gasteiger partial charge on any atom is -0.351 e. The molecule has 0 unspecified atom stereocenters. The van der Waals surface area contributed by atoms with E-state index in [0.717, 1.165) is 12.8 Å². The number of aryl methyl sites for hydroxylation is 2. The zero-order valence-electron chi connectivity index (χ0n) is 14.1. The van der Waals surface area contributed by atoms with Gasteiger partial charge in [-0.25, -0.2) is 0 Å². The molecule has 2 heterocycles. The summed E-state index contributed by atoms with van der Waals surface area (Å²) < 4.78 is 1.74. The van der Waals surface area contributed by atoms with Crippen LogP contribution in [0.2, 0.25) is 0 Å². The highest BCUT2D eigenvalue weighted by Gasteiger charge is 2.38. The second kappa shape index (κ2) is 7.75. The summed E-state index contributed by atoms with van der Waals surface area (Å²) in [5.41, 5.74) is 1.42. The van der Waals surface area contributed by atoms with Gasteiger partial charge in [0.05, 0.1) is 0 Å². The summed E-state index contributed by atoms with van der Waals surface area (Å²) in [4.78, 5) is 12.4. The normalized spacial score (nSPS) is 14.0. The molecule has 0 bridgehead atoms. The number of nitrogens with zero attached hydrogens (tertiary/aromatic N) is 4. The van der Waals surface area contributed by atoms with Gasteiger partial charge in [0, 0.05) is 38.5 Å². The van der Waals surface area contributed by atoms with Crippen molar-refractivity contribution in [3.63, 3.8) is 0 Å². The zero-order valence-corrected chi connectivity index (χ0v) is 14.1. The molecule has 1 aliphatic rings. The maximum Gasteiger partial charge on any atom is 0.269 e. The van der Waals surface area contributed by atoms with Crippen LogP contribution in [0.1, 0.15) is 35.3 Å². The summed E-state index contributed by atoms with van der Waals surface area (Å²) in [6.07, 6.45) is 9.83. The van der Waals surface area contributed by atoms with Crippen LogP contribution in [-0.4, -0.2) is 27.9 Å². The molecule has 0 saturated heterocycles. The summed E-state index contributed by atoms with van der Waals surface area (Å²) >= 11 is 0. The first kappa shape index (κ1) is 16.9. The van der Waals surface area contributed by atoms with Gasteiger partial charge in [0.15, 0.2) is 5.66 Å². The van der Waals surface area contributed by atoms with E-state index in [4.69, 9.17) is 6.42 Å². The molecule has 1 N–H and O–H groups in total. The van der Waals surface area contributed by atoms with E-state index in [-0.39, 0.29) is 11.6 Å². The van der Waals surface area contributed by atoms with Crippen molar-refractivity contribution in [1.29, 1.82) is 0 Å². The Kier molecular flexibility index (Phi) is 5.24. The molecule has 6 heteroatoms. The van der Waals surface area contributed by atoms with Crippen molar-refractivity contribution in [2.45, 2.75) is 37.9 Å². The van der Waals surface area contributed by atoms with Gasteiger partial charge in [-0.2, -0.15) is 15.3 Å². The Bertz CT molecular complexity index is 782. The first-order chi connectivity index (χ1) is 12.2. The summed E-state index contributed by atoms with van der Waals surface area (Å²) in [5, 5.41) is 15.3. The van der Waals surface area contributed by atoms with E-state index in [9.17, 15) is 4.79 Å². The highest BCUT2D eigenvalue weighted by atomic mass is 16.2. The summed E-state index contributed by atoms with van der Waals surface area (Å²) in [6, 6.07) is 11.9. The highest BCUT2D eigenvalue weighted by molar-refractivity contribution is 5.92. The van der Waals surface area contributed by atoms with Crippen LogP contribution in [0.25, 0.3) is 0 Å². The van der Waals surface area contributed by atoms with Crippen molar-refractivity contribution in [1.82, 2.24) is 15.1 Å². The van der Waals surface area contributed by atoms with Gasteiger partial charge in [-0.05, 0) is 18.1 Å². The number of amides is 1. The fourth-order valence-corrected chi connectivity index (χ4v) is 2.72. The number of hydrogen-bond acceptors (Lipinski definition) is 4. The monoisotopic (exact) mass is 335 g/mol. The van der Waals surface area contributed by atoms with E-state index >= 15 is 0 Å². The number of carbonyl (C=O) groups is 1. The molecular weight excluding hydrogens is 314 g/mol. The quantitative estimate of drug-likeness (QED) is 0.716. The maximum absolute atomic E-state index is 12.4. The van der Waals surface area contributed by atoms with Crippen LogP contribution in [0, 0.1) is 12.3 Å². The molecule has 0 spiro atoms. The minimum absolute atomic E-state index is 0.127. The van der Waals surface area contributed by atoms with Gasteiger partial charge in [-0.1, -0.05) is 30.3 Å². The van der Waals surface area contributed by atoms with Crippen molar-refractivity contribution >= 4 is 5.91 Å². The van der Waals surface area contributed by atoms with Crippen LogP contribution in [0.15, 0.2) is 52.8 Å². The molecule has 1 aromatic heterocycles. The molecule has 0 aliphatic carbocycles. The van der Waals surface area contributed by atoms with Crippen molar-refractivity contribution in [3.8, 4) is 12.3 Å². The number of hydrogen-bond donors (Lipinski definition) is 1. The fraction of sp³-hybridized carbons (Fsp3) is 0.368. The second-order valence-electron chi connectivity index (χ2n) is 6.07. The number of nitrogens with one attached hydrogen (secondary N) is 1. The van der Waals surface area contributed by atoms with Gasteiger partial charge in [-0.3, -0.25) is 9.48 Å². The van der Waals surface area contributed by atoms with Crippen LogP contribution in [0.3, 0.4) is 0 Å². The molecule has 0 saturated carbocycles. The van der Waals surface area contributed by atoms with Gasteiger partial charge < -0.3 is 5.32 Å². The molecule has 0 fully saturated rings. The lowest BCUT2D eigenvalue weighted by molar-refractivity contribution is 0.0941. The molecule has 0 atom stereocenters. The molecule has 128 valence electrons. The average molecular weight is 335 g/mol. The van der Waals surface area contributed by atoms with Crippen LogP contribution >= 0.6 is 0 Å². The molecule has 0 radical (unpaired) electrons. The molecule has 1 aromatic carbocycles. The van der Waals surface area contributed by atoms with E-state index in [1.807, 2.05) is 18.2 Å². The Hall–Kier alpha value is -2.94. The third-order valence-electron chi connectivity index (χ3n) is 4.27. The third kappa shape index (κ3) is 4.54. The Morgan fingerprint density at radius 1 is 1.20 bits per heavy atom. The van der Waals surface area contributed by atoms with Crippen LogP contribution in [0.5, 0.6) is 0 Å². The molecule has 2 aromatic rings. The van der Waals surface area contributed by atoms with Gasteiger partial charge in [0.1, 0.15) is 5.69 Å². The summed E-state index contributed by atoms with van der Waals surface area (Å²) in [7, 11) is 0. The molecule has 6 nitrogen and oxygen atoms in total. The predicted molar refractivity (Wildman–Crippen MR) is 95.0 cm³/mol. The number of benzene rings is 1. The topological polar surface area (TPSA) is 71.6 Å². The molecule has 25 heavy (non-hydrogen) atoms. The Morgan fingerprint density at radius 2 is 2.00 bits per heavy atom. The van der Waals surface area contributed by atoms with Crippen molar-refractivity contribution in [2.75, 3.05) is 6.54 Å². The molecule has 3 rings (SSSR count). The maximum atomic E-state index is 12.4. The molecule has 1 amide bonds. The SMILES string of the molecule is C#CCCC1(CCNC(=O)c2ccnn2CCc2ccccc2)N=N1. The van der Waals surface area contributed by atoms with E-state index in [2.05, 4.69) is 38.7 Å². The number of terminal acetylenes is 1. The third-order valence-corrected chi connectivity index (χ3v) is 4.27. The van der Waals surface area contributed by atoms with Gasteiger partial charge in [-0.15, -0.1) is 12.3 Å². The van der Waals surface area contributed by atoms with Gasteiger partial charge in [0.25, 0.3) is 5.91 Å². The predicted octanol–water partition coefficient (Wildman–Crippen LogP) is 2.82. The lowest BCUT2D eigenvalue weighted by Crippen LogP contribution is -2.30. The van der Waals surface area contributed by atoms with Crippen LogP contribution in [0.4, 0.5) is 0 Å². The lowest BCUT2D eigenvalue weighted by Gasteiger charge is -2.11. The Labute approximate surface area is 147 Å². The zero-order chi connectivity index (χ0) is 17.5. The average Bonchev–Trinajstić information content (AvgIpc) is 3.24. The number of aromatic nitrogens is 2. The number of rotatable bonds is 9. The minimum atomic E-state index is -0.368. The van der Waals surface area contributed by atoms with E-state index < -0.39 is 0 Å². The largest absolute Gasteiger partial charge is 0.351 e. The van der Waals surface area contributed by atoms with Crippen LogP contribution < -0.4 is 5.32 Å². The first-order valence-electron chi connectivity index (χ1n) is 8.44. The van der Waals surface area contributed by atoms with E-state index in [1.54, 1.807) is 16.9 Å².